The van der Waals surface area contributed by atoms with E-state index in [2.05, 4.69) is 24.1 Å². The summed E-state index contributed by atoms with van der Waals surface area (Å²) < 4.78 is 5.65. The van der Waals surface area contributed by atoms with Crippen molar-refractivity contribution in [3.05, 3.63) is 65.9 Å². The van der Waals surface area contributed by atoms with Gasteiger partial charge in [0.2, 0.25) is 0 Å². The van der Waals surface area contributed by atoms with Crippen LogP contribution in [-0.2, 0) is 0 Å². The molecule has 2 aromatic carbocycles. The van der Waals surface area contributed by atoms with Gasteiger partial charge in [0.05, 0.1) is 17.8 Å². The molecule has 0 atom stereocenters. The first-order valence-electron chi connectivity index (χ1n) is 8.43. The van der Waals surface area contributed by atoms with Crippen LogP contribution < -0.4 is 10.1 Å². The summed E-state index contributed by atoms with van der Waals surface area (Å²) in [6.07, 6.45) is 0. The van der Waals surface area contributed by atoms with E-state index in [0.29, 0.717) is 23.8 Å². The van der Waals surface area contributed by atoms with Gasteiger partial charge in [-0.1, -0.05) is 32.0 Å². The number of para-hydroxylation sites is 1. The van der Waals surface area contributed by atoms with Crippen LogP contribution in [0.3, 0.4) is 0 Å². The number of amides is 1. The van der Waals surface area contributed by atoms with Crippen LogP contribution in [0.5, 0.6) is 5.75 Å². The van der Waals surface area contributed by atoms with Crippen molar-refractivity contribution in [2.45, 2.75) is 20.8 Å². The molecule has 1 heterocycles. The highest BCUT2D eigenvalue weighted by atomic mass is 16.5. The number of pyridine rings is 1. The fourth-order valence-corrected chi connectivity index (χ4v) is 2.51. The van der Waals surface area contributed by atoms with Gasteiger partial charge in [0.1, 0.15) is 5.75 Å². The normalized spacial score (nSPS) is 10.9. The molecule has 3 aromatic rings. The van der Waals surface area contributed by atoms with Gasteiger partial charge in [-0.3, -0.25) is 9.78 Å². The number of anilines is 1. The molecule has 0 fully saturated rings. The summed E-state index contributed by atoms with van der Waals surface area (Å²) in [5.74, 6) is 1.07. The summed E-state index contributed by atoms with van der Waals surface area (Å²) in [4.78, 5) is 17.1. The summed E-state index contributed by atoms with van der Waals surface area (Å²) in [7, 11) is 0. The van der Waals surface area contributed by atoms with E-state index in [-0.39, 0.29) is 5.91 Å². The summed E-state index contributed by atoms with van der Waals surface area (Å²) in [5.41, 5.74) is 3.02. The zero-order valence-electron chi connectivity index (χ0n) is 14.7. The summed E-state index contributed by atoms with van der Waals surface area (Å²) in [5, 5.41) is 3.96. The Labute approximate surface area is 147 Å². The number of fused-ring (bicyclic) bond motifs is 1. The van der Waals surface area contributed by atoms with E-state index < -0.39 is 0 Å². The van der Waals surface area contributed by atoms with Gasteiger partial charge < -0.3 is 10.1 Å². The van der Waals surface area contributed by atoms with Crippen LogP contribution in [0, 0.1) is 12.8 Å². The van der Waals surface area contributed by atoms with Crippen molar-refractivity contribution in [2.24, 2.45) is 5.92 Å². The number of hydrogen-bond donors (Lipinski definition) is 1. The Morgan fingerprint density at radius 1 is 1.08 bits per heavy atom. The maximum absolute atomic E-state index is 12.5. The first kappa shape index (κ1) is 17.0. The van der Waals surface area contributed by atoms with E-state index in [1.165, 1.54) is 0 Å². The Hall–Kier alpha value is -2.88. The standard InChI is InChI=1S/C21H22N2O2/c1-14(2)13-25-18-11-9-17(10-12-18)21(24)23-19-6-4-5-16-8-7-15(3)22-20(16)19/h4-12,14H,13H2,1-3H3,(H,23,24). The van der Waals surface area contributed by atoms with Crippen LogP contribution in [-0.4, -0.2) is 17.5 Å². The minimum atomic E-state index is -0.161. The van der Waals surface area contributed by atoms with Gasteiger partial charge >= 0.3 is 0 Å². The second kappa shape index (κ2) is 7.34. The average Bonchev–Trinajstić information content (AvgIpc) is 2.61. The number of rotatable bonds is 5. The number of hydrogen-bond acceptors (Lipinski definition) is 3. The predicted octanol–water partition coefficient (Wildman–Crippen LogP) is 4.83. The number of carbonyl (C=O) groups is 1. The zero-order chi connectivity index (χ0) is 17.8. The van der Waals surface area contributed by atoms with E-state index in [1.54, 1.807) is 12.1 Å². The highest BCUT2D eigenvalue weighted by molar-refractivity contribution is 6.08. The van der Waals surface area contributed by atoms with Crippen LogP contribution in [0.1, 0.15) is 29.9 Å². The van der Waals surface area contributed by atoms with Gasteiger partial charge in [-0.2, -0.15) is 0 Å². The van der Waals surface area contributed by atoms with Gasteiger partial charge in [-0.25, -0.2) is 0 Å². The summed E-state index contributed by atoms with van der Waals surface area (Å²) in [6, 6.07) is 16.9. The van der Waals surface area contributed by atoms with Crippen molar-refractivity contribution < 1.29 is 9.53 Å². The molecule has 0 spiro atoms. The molecule has 0 aliphatic carbocycles. The lowest BCUT2D eigenvalue weighted by atomic mass is 10.1. The molecule has 4 heteroatoms. The van der Waals surface area contributed by atoms with E-state index >= 15 is 0 Å². The van der Waals surface area contributed by atoms with E-state index in [4.69, 9.17) is 4.74 Å². The molecule has 1 amide bonds. The Morgan fingerprint density at radius 3 is 2.56 bits per heavy atom. The monoisotopic (exact) mass is 334 g/mol. The van der Waals surface area contributed by atoms with Crippen molar-refractivity contribution in [2.75, 3.05) is 11.9 Å². The van der Waals surface area contributed by atoms with Crippen LogP contribution >= 0.6 is 0 Å². The van der Waals surface area contributed by atoms with Gasteiger partial charge in [0, 0.05) is 16.6 Å². The number of aromatic nitrogens is 1. The Bertz CT molecular complexity index is 886. The van der Waals surface area contributed by atoms with Crippen molar-refractivity contribution >= 4 is 22.5 Å². The fraction of sp³-hybridized carbons (Fsp3) is 0.238. The molecule has 0 unspecified atom stereocenters. The smallest absolute Gasteiger partial charge is 0.255 e. The number of carbonyl (C=O) groups excluding carboxylic acids is 1. The number of nitrogens with zero attached hydrogens (tertiary/aromatic N) is 1. The second-order valence-electron chi connectivity index (χ2n) is 6.51. The van der Waals surface area contributed by atoms with Gasteiger partial charge in [-0.05, 0) is 49.2 Å². The van der Waals surface area contributed by atoms with E-state index in [9.17, 15) is 4.79 Å². The molecule has 0 aliphatic heterocycles. The highest BCUT2D eigenvalue weighted by Gasteiger charge is 2.10. The van der Waals surface area contributed by atoms with Crippen LogP contribution in [0.4, 0.5) is 5.69 Å². The Kier molecular flexibility index (Phi) is 4.98. The van der Waals surface area contributed by atoms with Crippen molar-refractivity contribution in [3.63, 3.8) is 0 Å². The van der Waals surface area contributed by atoms with Crippen molar-refractivity contribution in [1.29, 1.82) is 0 Å². The molecule has 1 aromatic heterocycles. The first-order valence-corrected chi connectivity index (χ1v) is 8.43. The predicted molar refractivity (Wildman–Crippen MR) is 101 cm³/mol. The molecular formula is C21H22N2O2. The average molecular weight is 334 g/mol. The molecular weight excluding hydrogens is 312 g/mol. The molecule has 4 nitrogen and oxygen atoms in total. The maximum Gasteiger partial charge on any atom is 0.255 e. The number of nitrogens with one attached hydrogen (secondary N) is 1. The molecule has 25 heavy (non-hydrogen) atoms. The van der Waals surface area contributed by atoms with Crippen molar-refractivity contribution in [1.82, 2.24) is 4.98 Å². The van der Waals surface area contributed by atoms with Crippen LogP contribution in [0.2, 0.25) is 0 Å². The highest BCUT2D eigenvalue weighted by Crippen LogP contribution is 2.23. The third-order valence-corrected chi connectivity index (χ3v) is 3.81. The molecule has 128 valence electrons. The van der Waals surface area contributed by atoms with Crippen molar-refractivity contribution in [3.8, 4) is 5.75 Å². The molecule has 0 aliphatic rings. The summed E-state index contributed by atoms with van der Waals surface area (Å²) in [6.45, 7) is 6.80. The maximum atomic E-state index is 12.5. The third kappa shape index (κ3) is 4.15. The van der Waals surface area contributed by atoms with Gasteiger partial charge in [-0.15, -0.1) is 0 Å². The largest absolute Gasteiger partial charge is 0.493 e. The molecule has 3 rings (SSSR count). The molecule has 0 radical (unpaired) electrons. The topological polar surface area (TPSA) is 51.2 Å². The Balaban J connectivity index is 1.77. The van der Waals surface area contributed by atoms with Gasteiger partial charge in [0.15, 0.2) is 0 Å². The molecule has 1 N–H and O–H groups in total. The minimum Gasteiger partial charge on any atom is -0.493 e. The minimum absolute atomic E-state index is 0.161. The van der Waals surface area contributed by atoms with Crippen LogP contribution in [0.25, 0.3) is 10.9 Å². The molecule has 0 bridgehead atoms. The number of ether oxygens (including phenoxy) is 1. The SMILES string of the molecule is Cc1ccc2cccc(NC(=O)c3ccc(OCC(C)C)cc3)c2n1. The third-order valence-electron chi connectivity index (χ3n) is 3.81. The Morgan fingerprint density at radius 2 is 1.84 bits per heavy atom. The lowest BCUT2D eigenvalue weighted by Gasteiger charge is -2.10. The van der Waals surface area contributed by atoms with Gasteiger partial charge in [0.25, 0.3) is 5.91 Å². The summed E-state index contributed by atoms with van der Waals surface area (Å²) >= 11 is 0. The fourth-order valence-electron chi connectivity index (χ4n) is 2.51. The quantitative estimate of drug-likeness (QED) is 0.727. The zero-order valence-corrected chi connectivity index (χ0v) is 14.7. The first-order chi connectivity index (χ1) is 12.0. The molecule has 0 saturated carbocycles. The lowest BCUT2D eigenvalue weighted by Crippen LogP contribution is -2.12. The van der Waals surface area contributed by atoms with E-state index in [0.717, 1.165) is 22.3 Å². The second-order valence-corrected chi connectivity index (χ2v) is 6.51. The molecule has 0 saturated heterocycles. The lowest BCUT2D eigenvalue weighted by molar-refractivity contribution is 0.102. The number of aryl methyl sites for hydroxylation is 1. The number of benzene rings is 2. The van der Waals surface area contributed by atoms with Crippen LogP contribution in [0.15, 0.2) is 54.6 Å². The van der Waals surface area contributed by atoms with E-state index in [1.807, 2.05) is 49.4 Å².